The number of rotatable bonds is 5. The lowest BCUT2D eigenvalue weighted by Gasteiger charge is -2.29. The number of carbonyl (C=O) groups is 1. The van der Waals surface area contributed by atoms with Gasteiger partial charge in [0.05, 0.1) is 11.9 Å². The summed E-state index contributed by atoms with van der Waals surface area (Å²) in [6.45, 7) is 0.454. The molecule has 0 aliphatic carbocycles. The van der Waals surface area contributed by atoms with Gasteiger partial charge in [0.1, 0.15) is 11.9 Å². The molecule has 1 unspecified atom stereocenters. The zero-order chi connectivity index (χ0) is 22.2. The molecule has 1 aliphatic heterocycles. The zero-order valence-electron chi connectivity index (χ0n) is 17.2. The molecule has 2 heterocycles. The standard InChI is InChI=1S/C22H23ClN4O3S/c1-26-13-11-24-21(26)20(15-5-8-18(23)9-6-15)25-22(28)17-7-10-19-16(14-17)4-3-12-27(19)31(2,29)30/h5-11,13-14,20H,3-4,12H2,1-2H3,(H,25,28). The van der Waals surface area contributed by atoms with Crippen LogP contribution >= 0.6 is 11.6 Å². The Morgan fingerprint density at radius 3 is 2.58 bits per heavy atom. The zero-order valence-corrected chi connectivity index (χ0v) is 18.8. The number of imidazole rings is 1. The molecule has 0 radical (unpaired) electrons. The van der Waals surface area contributed by atoms with E-state index in [1.165, 1.54) is 10.6 Å². The van der Waals surface area contributed by atoms with Gasteiger partial charge in [-0.15, -0.1) is 0 Å². The first-order valence-corrected chi connectivity index (χ1v) is 12.1. The lowest BCUT2D eigenvalue weighted by molar-refractivity contribution is 0.0941. The van der Waals surface area contributed by atoms with Gasteiger partial charge >= 0.3 is 0 Å². The third-order valence-electron chi connectivity index (χ3n) is 5.41. The smallest absolute Gasteiger partial charge is 0.252 e. The molecule has 1 atom stereocenters. The van der Waals surface area contributed by atoms with Crippen LogP contribution in [0.3, 0.4) is 0 Å². The first-order valence-electron chi connectivity index (χ1n) is 9.88. The summed E-state index contributed by atoms with van der Waals surface area (Å²) in [5.41, 5.74) is 2.82. The predicted octanol–water partition coefficient (Wildman–Crippen LogP) is 3.31. The van der Waals surface area contributed by atoms with Crippen LogP contribution in [0.5, 0.6) is 0 Å². The Hall–Kier alpha value is -2.84. The number of hydrogen-bond acceptors (Lipinski definition) is 4. The first kappa shape index (κ1) is 21.4. The summed E-state index contributed by atoms with van der Waals surface area (Å²) in [5, 5.41) is 3.67. The van der Waals surface area contributed by atoms with Gasteiger partial charge in [-0.25, -0.2) is 13.4 Å². The number of hydrogen-bond donors (Lipinski definition) is 1. The Labute approximate surface area is 186 Å². The molecule has 162 valence electrons. The number of carbonyl (C=O) groups excluding carboxylic acids is 1. The highest BCUT2D eigenvalue weighted by Crippen LogP contribution is 2.30. The molecule has 7 nitrogen and oxygen atoms in total. The molecule has 0 fully saturated rings. The van der Waals surface area contributed by atoms with Crippen LogP contribution in [0, 0.1) is 0 Å². The number of fused-ring (bicyclic) bond motifs is 1. The third kappa shape index (κ3) is 4.45. The van der Waals surface area contributed by atoms with E-state index in [9.17, 15) is 13.2 Å². The Morgan fingerprint density at radius 2 is 1.94 bits per heavy atom. The fourth-order valence-electron chi connectivity index (χ4n) is 3.87. The van der Waals surface area contributed by atoms with Gasteiger partial charge in [-0.3, -0.25) is 9.10 Å². The number of aromatic nitrogens is 2. The van der Waals surface area contributed by atoms with Gasteiger partial charge in [0, 0.05) is 36.6 Å². The van der Waals surface area contributed by atoms with Crippen molar-refractivity contribution >= 4 is 33.2 Å². The van der Waals surface area contributed by atoms with Crippen molar-refractivity contribution in [1.82, 2.24) is 14.9 Å². The minimum absolute atomic E-state index is 0.262. The average Bonchev–Trinajstić information content (AvgIpc) is 3.16. The van der Waals surface area contributed by atoms with Crippen LogP contribution in [-0.4, -0.2) is 36.7 Å². The van der Waals surface area contributed by atoms with Crippen LogP contribution < -0.4 is 9.62 Å². The quantitative estimate of drug-likeness (QED) is 0.635. The molecule has 1 aromatic heterocycles. The Balaban J connectivity index is 1.65. The summed E-state index contributed by atoms with van der Waals surface area (Å²) in [4.78, 5) is 17.6. The molecule has 4 rings (SSSR count). The molecule has 0 bridgehead atoms. The second kappa shape index (κ2) is 8.36. The Bertz CT molecular complexity index is 1220. The summed E-state index contributed by atoms with van der Waals surface area (Å²) in [6, 6.07) is 12.0. The summed E-state index contributed by atoms with van der Waals surface area (Å²) in [7, 11) is -1.48. The van der Waals surface area contributed by atoms with Gasteiger partial charge in [0.15, 0.2) is 0 Å². The van der Waals surface area contributed by atoms with Gasteiger partial charge in [0.25, 0.3) is 5.91 Å². The van der Waals surface area contributed by atoms with Gasteiger partial charge in [-0.05, 0) is 54.3 Å². The van der Waals surface area contributed by atoms with Crippen molar-refractivity contribution in [3.8, 4) is 0 Å². The van der Waals surface area contributed by atoms with Crippen molar-refractivity contribution < 1.29 is 13.2 Å². The second-order valence-corrected chi connectivity index (χ2v) is 9.98. The molecule has 3 aromatic rings. The molecule has 9 heteroatoms. The fourth-order valence-corrected chi connectivity index (χ4v) is 4.99. The SMILES string of the molecule is Cn1ccnc1C(NC(=O)c1ccc2c(c1)CCCN2S(C)(=O)=O)c1ccc(Cl)cc1. The monoisotopic (exact) mass is 458 g/mol. The van der Waals surface area contributed by atoms with E-state index in [2.05, 4.69) is 10.3 Å². The number of sulfonamides is 1. The van der Waals surface area contributed by atoms with Crippen LogP contribution in [0.2, 0.25) is 5.02 Å². The second-order valence-electron chi connectivity index (χ2n) is 7.64. The van der Waals surface area contributed by atoms with E-state index < -0.39 is 16.1 Å². The van der Waals surface area contributed by atoms with E-state index in [0.29, 0.717) is 35.1 Å². The summed E-state index contributed by atoms with van der Waals surface area (Å²) < 4.78 is 27.4. The van der Waals surface area contributed by atoms with E-state index in [4.69, 9.17) is 11.6 Å². The summed E-state index contributed by atoms with van der Waals surface area (Å²) in [5.74, 6) is 0.430. The Morgan fingerprint density at radius 1 is 1.19 bits per heavy atom. The van der Waals surface area contributed by atoms with E-state index in [1.807, 2.05) is 29.9 Å². The van der Waals surface area contributed by atoms with Crippen LogP contribution in [-0.2, 0) is 23.5 Å². The summed E-state index contributed by atoms with van der Waals surface area (Å²) in [6.07, 6.45) is 6.15. The van der Waals surface area contributed by atoms with E-state index in [1.54, 1.807) is 36.5 Å². The molecule has 1 aliphatic rings. The maximum Gasteiger partial charge on any atom is 0.252 e. The lowest BCUT2D eigenvalue weighted by Crippen LogP contribution is -2.35. The van der Waals surface area contributed by atoms with E-state index >= 15 is 0 Å². The Kier molecular flexibility index (Phi) is 5.77. The van der Waals surface area contributed by atoms with Gasteiger partial charge < -0.3 is 9.88 Å². The van der Waals surface area contributed by atoms with Gasteiger partial charge in [-0.1, -0.05) is 23.7 Å². The molecular weight excluding hydrogens is 436 g/mol. The van der Waals surface area contributed by atoms with Crippen molar-refractivity contribution in [2.24, 2.45) is 7.05 Å². The number of benzene rings is 2. The summed E-state index contributed by atoms with van der Waals surface area (Å²) >= 11 is 6.03. The lowest BCUT2D eigenvalue weighted by atomic mass is 10.00. The normalized spacial score (nSPS) is 14.7. The number of nitrogens with one attached hydrogen (secondary N) is 1. The molecular formula is C22H23ClN4O3S. The minimum atomic E-state index is -3.35. The highest BCUT2D eigenvalue weighted by Gasteiger charge is 2.26. The minimum Gasteiger partial charge on any atom is -0.338 e. The van der Waals surface area contributed by atoms with Crippen LogP contribution in [0.4, 0.5) is 5.69 Å². The van der Waals surface area contributed by atoms with Crippen LogP contribution in [0.25, 0.3) is 0 Å². The van der Waals surface area contributed by atoms with Gasteiger partial charge in [-0.2, -0.15) is 0 Å². The van der Waals surface area contributed by atoms with E-state index in [-0.39, 0.29) is 5.91 Å². The molecule has 0 saturated carbocycles. The number of aryl methyl sites for hydroxylation is 2. The third-order valence-corrected chi connectivity index (χ3v) is 6.85. The number of amides is 1. The van der Waals surface area contributed by atoms with Crippen LogP contribution in [0.15, 0.2) is 54.9 Å². The molecule has 0 spiro atoms. The van der Waals surface area contributed by atoms with Crippen molar-refractivity contribution in [3.05, 3.63) is 82.4 Å². The number of nitrogens with zero attached hydrogens (tertiary/aromatic N) is 3. The maximum atomic E-state index is 13.2. The number of halogens is 1. The van der Waals surface area contributed by atoms with Crippen molar-refractivity contribution in [1.29, 1.82) is 0 Å². The highest BCUT2D eigenvalue weighted by molar-refractivity contribution is 7.92. The van der Waals surface area contributed by atoms with Crippen molar-refractivity contribution in [2.75, 3.05) is 17.1 Å². The molecule has 1 N–H and O–H groups in total. The molecule has 0 saturated heterocycles. The highest BCUT2D eigenvalue weighted by atomic mass is 35.5. The van der Waals surface area contributed by atoms with Gasteiger partial charge in [0.2, 0.25) is 10.0 Å². The number of anilines is 1. The van der Waals surface area contributed by atoms with E-state index in [0.717, 1.165) is 17.5 Å². The predicted molar refractivity (Wildman–Crippen MR) is 121 cm³/mol. The van der Waals surface area contributed by atoms with Crippen molar-refractivity contribution in [2.45, 2.75) is 18.9 Å². The topological polar surface area (TPSA) is 84.3 Å². The molecule has 1 amide bonds. The largest absolute Gasteiger partial charge is 0.338 e. The van der Waals surface area contributed by atoms with Crippen LogP contribution in [0.1, 0.15) is 39.8 Å². The molecule has 31 heavy (non-hydrogen) atoms. The first-order chi connectivity index (χ1) is 14.7. The average molecular weight is 459 g/mol. The molecule has 2 aromatic carbocycles. The fraction of sp³-hybridized carbons (Fsp3) is 0.273. The van der Waals surface area contributed by atoms with Crippen molar-refractivity contribution in [3.63, 3.8) is 0 Å². The maximum absolute atomic E-state index is 13.2.